The maximum atomic E-state index is 14.7. The van der Waals surface area contributed by atoms with Crippen molar-refractivity contribution in [1.82, 2.24) is 4.41 Å². The van der Waals surface area contributed by atoms with Crippen molar-refractivity contribution in [2.24, 2.45) is 5.10 Å². The maximum Gasteiger partial charge on any atom is 0.279 e. The largest absolute Gasteiger partial charge is 0.284 e. The zero-order valence-corrected chi connectivity index (χ0v) is 20.4. The summed E-state index contributed by atoms with van der Waals surface area (Å²) >= 11 is 6.01. The van der Waals surface area contributed by atoms with Gasteiger partial charge in [0.25, 0.3) is 10.0 Å². The number of hydrogen-bond acceptors (Lipinski definition) is 5. The van der Waals surface area contributed by atoms with Gasteiger partial charge in [0, 0.05) is 22.7 Å². The molecule has 0 radical (unpaired) electrons. The van der Waals surface area contributed by atoms with Gasteiger partial charge in [-0.3, -0.25) is 4.72 Å². The summed E-state index contributed by atoms with van der Waals surface area (Å²) in [5, 5.41) is 4.61. The Hall–Kier alpha value is -2.95. The van der Waals surface area contributed by atoms with Crippen LogP contribution in [-0.2, 0) is 20.0 Å². The first kappa shape index (κ1) is 24.2. The van der Waals surface area contributed by atoms with E-state index in [2.05, 4.69) is 9.82 Å². The van der Waals surface area contributed by atoms with Gasteiger partial charge in [-0.15, -0.1) is 0 Å². The summed E-state index contributed by atoms with van der Waals surface area (Å²) in [6.45, 7) is 1.52. The van der Waals surface area contributed by atoms with Crippen LogP contribution in [0.4, 0.5) is 10.1 Å². The topological polar surface area (TPSA) is 95.9 Å². The minimum absolute atomic E-state index is 0.0733. The highest BCUT2D eigenvalue weighted by atomic mass is 35.5. The summed E-state index contributed by atoms with van der Waals surface area (Å²) in [4.78, 5) is -0.0733. The molecule has 0 saturated heterocycles. The lowest BCUT2D eigenvalue weighted by Crippen LogP contribution is -2.28. The smallest absolute Gasteiger partial charge is 0.279 e. The number of rotatable bonds is 7. The van der Waals surface area contributed by atoms with Gasteiger partial charge in [0.2, 0.25) is 10.0 Å². The Kier molecular flexibility index (Phi) is 6.66. The monoisotopic (exact) mass is 521 g/mol. The van der Waals surface area contributed by atoms with Crippen molar-refractivity contribution < 1.29 is 21.2 Å². The molecule has 11 heteroatoms. The molecule has 0 spiro atoms. The summed E-state index contributed by atoms with van der Waals surface area (Å²) < 4.78 is 69.0. The summed E-state index contributed by atoms with van der Waals surface area (Å²) in [7, 11) is -7.68. The minimum Gasteiger partial charge on any atom is -0.284 e. The van der Waals surface area contributed by atoms with Crippen molar-refractivity contribution in [2.75, 3.05) is 10.5 Å². The zero-order chi connectivity index (χ0) is 24.5. The molecule has 0 unspecified atom stereocenters. The van der Waals surface area contributed by atoms with Crippen LogP contribution >= 0.6 is 11.6 Å². The van der Waals surface area contributed by atoms with Crippen molar-refractivity contribution in [3.8, 4) is 0 Å². The lowest BCUT2D eigenvalue weighted by Gasteiger charge is -2.23. The van der Waals surface area contributed by atoms with Crippen LogP contribution in [0.3, 0.4) is 0 Å². The normalized spacial score (nSPS) is 16.4. The van der Waals surface area contributed by atoms with Crippen molar-refractivity contribution in [1.29, 1.82) is 0 Å². The molecule has 0 aromatic heterocycles. The molecule has 1 heterocycles. The Labute approximate surface area is 203 Å². The van der Waals surface area contributed by atoms with Crippen molar-refractivity contribution in [3.05, 3.63) is 94.8 Å². The van der Waals surface area contributed by atoms with Gasteiger partial charge in [-0.05, 0) is 48.9 Å². The van der Waals surface area contributed by atoms with E-state index in [0.29, 0.717) is 17.0 Å². The van der Waals surface area contributed by atoms with Gasteiger partial charge in [-0.1, -0.05) is 48.0 Å². The summed E-state index contributed by atoms with van der Waals surface area (Å²) in [6.07, 6.45) is 0.0880. The molecule has 1 aliphatic heterocycles. The van der Waals surface area contributed by atoms with E-state index in [9.17, 15) is 21.2 Å². The van der Waals surface area contributed by atoms with E-state index >= 15 is 0 Å². The van der Waals surface area contributed by atoms with Crippen LogP contribution in [-0.4, -0.2) is 32.7 Å². The molecular weight excluding hydrogens is 501 g/mol. The van der Waals surface area contributed by atoms with Crippen LogP contribution in [0.15, 0.2) is 82.8 Å². The number of halogens is 2. The number of nitrogens with zero attached hydrogens (tertiary/aromatic N) is 2. The van der Waals surface area contributed by atoms with Crippen molar-refractivity contribution in [2.45, 2.75) is 24.3 Å². The van der Waals surface area contributed by atoms with Crippen LogP contribution in [0.5, 0.6) is 0 Å². The molecule has 1 atom stereocenters. The standard InChI is InChI=1S/C23H21ClFN3O4S2/c1-2-33(29,30)27-18-9-5-7-16(13-18)22-15-23(20-11-3-4-12-21(20)25)28(26-22)34(31,32)19-10-6-8-17(24)14-19/h3-14,23,27H,2,15H2,1H3/t23-/m0/s1. The molecule has 34 heavy (non-hydrogen) atoms. The second-order valence-corrected chi connectivity index (χ2v) is 11.9. The van der Waals surface area contributed by atoms with Crippen LogP contribution in [0.25, 0.3) is 0 Å². The van der Waals surface area contributed by atoms with Crippen LogP contribution < -0.4 is 4.72 Å². The molecule has 0 aliphatic carbocycles. The van der Waals surface area contributed by atoms with Crippen molar-refractivity contribution >= 4 is 43.0 Å². The highest BCUT2D eigenvalue weighted by Crippen LogP contribution is 2.38. The number of sulfonamides is 2. The third-order valence-corrected chi connectivity index (χ3v) is 8.55. The van der Waals surface area contributed by atoms with E-state index in [1.807, 2.05) is 0 Å². The van der Waals surface area contributed by atoms with Gasteiger partial charge in [-0.2, -0.15) is 17.9 Å². The van der Waals surface area contributed by atoms with E-state index in [0.717, 1.165) is 4.41 Å². The molecule has 3 aromatic rings. The SMILES string of the molecule is CCS(=O)(=O)Nc1cccc(C2=NN(S(=O)(=O)c3cccc(Cl)c3)[C@H](c3ccccc3F)C2)c1. The number of hydrogen-bond donors (Lipinski definition) is 1. The fourth-order valence-corrected chi connectivity index (χ4v) is 5.97. The highest BCUT2D eigenvalue weighted by Gasteiger charge is 2.39. The average molecular weight is 522 g/mol. The molecule has 3 aromatic carbocycles. The van der Waals surface area contributed by atoms with E-state index < -0.39 is 31.9 Å². The van der Waals surface area contributed by atoms with Crippen LogP contribution in [0.1, 0.15) is 30.5 Å². The second-order valence-electron chi connectivity index (χ2n) is 7.61. The Bertz CT molecular complexity index is 1480. The van der Waals surface area contributed by atoms with Gasteiger partial charge in [0.15, 0.2) is 0 Å². The van der Waals surface area contributed by atoms with E-state index in [-0.39, 0.29) is 27.7 Å². The van der Waals surface area contributed by atoms with Crippen LogP contribution in [0.2, 0.25) is 5.02 Å². The third kappa shape index (κ3) is 4.94. The first-order valence-electron chi connectivity index (χ1n) is 10.3. The Morgan fingerprint density at radius 3 is 2.47 bits per heavy atom. The van der Waals surface area contributed by atoms with Gasteiger partial charge in [0.1, 0.15) is 5.82 Å². The van der Waals surface area contributed by atoms with Gasteiger partial charge >= 0.3 is 0 Å². The first-order chi connectivity index (χ1) is 16.1. The fourth-order valence-electron chi connectivity index (χ4n) is 3.61. The molecule has 7 nitrogen and oxygen atoms in total. The number of benzene rings is 3. The molecule has 1 aliphatic rings. The molecular formula is C23H21ClFN3O4S2. The van der Waals surface area contributed by atoms with Gasteiger partial charge in [-0.25, -0.2) is 12.8 Å². The zero-order valence-electron chi connectivity index (χ0n) is 18.0. The Balaban J connectivity index is 1.79. The minimum atomic E-state index is -4.18. The summed E-state index contributed by atoms with van der Waals surface area (Å²) in [5.74, 6) is -0.654. The molecule has 0 bridgehead atoms. The molecule has 0 amide bonds. The molecule has 0 saturated carbocycles. The number of anilines is 1. The Morgan fingerprint density at radius 1 is 1.03 bits per heavy atom. The molecule has 178 valence electrons. The van der Waals surface area contributed by atoms with Gasteiger partial charge in [0.05, 0.1) is 22.4 Å². The number of nitrogens with one attached hydrogen (secondary N) is 1. The summed E-state index contributed by atoms with van der Waals surface area (Å²) in [5.41, 5.74) is 1.38. The maximum absolute atomic E-state index is 14.7. The third-order valence-electron chi connectivity index (χ3n) is 5.33. The molecule has 1 N–H and O–H groups in total. The number of hydrazone groups is 1. The Morgan fingerprint density at radius 2 is 1.76 bits per heavy atom. The first-order valence-corrected chi connectivity index (χ1v) is 13.8. The predicted octanol–water partition coefficient (Wildman–Crippen LogP) is 4.78. The fraction of sp³-hybridized carbons (Fsp3) is 0.174. The van der Waals surface area contributed by atoms with E-state index in [4.69, 9.17) is 11.6 Å². The van der Waals surface area contributed by atoms with Crippen LogP contribution in [0, 0.1) is 5.82 Å². The van der Waals surface area contributed by atoms with Crippen molar-refractivity contribution in [3.63, 3.8) is 0 Å². The van der Waals surface area contributed by atoms with E-state index in [1.165, 1.54) is 43.3 Å². The molecule has 0 fully saturated rings. The molecule has 4 rings (SSSR count). The summed E-state index contributed by atoms with van der Waals surface area (Å²) in [6, 6.07) is 17.2. The predicted molar refractivity (Wildman–Crippen MR) is 130 cm³/mol. The van der Waals surface area contributed by atoms with E-state index in [1.54, 1.807) is 36.4 Å². The lowest BCUT2D eigenvalue weighted by molar-refractivity contribution is 0.362. The average Bonchev–Trinajstić information content (AvgIpc) is 3.25. The second kappa shape index (κ2) is 9.36. The highest BCUT2D eigenvalue weighted by molar-refractivity contribution is 7.92. The van der Waals surface area contributed by atoms with Gasteiger partial charge < -0.3 is 0 Å². The lowest BCUT2D eigenvalue weighted by atomic mass is 9.98. The quantitative estimate of drug-likeness (QED) is 0.484.